The van der Waals surface area contributed by atoms with Crippen molar-refractivity contribution in [1.29, 1.82) is 0 Å². The topological polar surface area (TPSA) is 137 Å². The number of benzene rings is 3. The van der Waals surface area contributed by atoms with Gasteiger partial charge in [-0.25, -0.2) is 14.4 Å². The number of aliphatic hydroxyl groups excluding tert-OH is 1. The lowest BCUT2D eigenvalue weighted by atomic mass is 9.95. The van der Waals surface area contributed by atoms with Crippen molar-refractivity contribution in [3.8, 4) is 0 Å². The second-order valence-electron chi connectivity index (χ2n) is 8.70. The molecule has 1 amide bonds. The Morgan fingerprint density at radius 3 is 1.51 bits per heavy atom. The van der Waals surface area contributed by atoms with Crippen LogP contribution in [0, 0.1) is 0 Å². The molecular formula is C29H27NO9. The molecule has 1 aliphatic rings. The number of carbonyl (C=O) groups excluding carboxylic acids is 4. The number of hydrogen-bond donors (Lipinski definition) is 2. The molecule has 3 aromatic rings. The van der Waals surface area contributed by atoms with Gasteiger partial charge in [-0.1, -0.05) is 54.6 Å². The molecule has 2 N–H and O–H groups in total. The molecule has 1 aliphatic heterocycles. The van der Waals surface area contributed by atoms with E-state index < -0.39 is 61.1 Å². The standard InChI is InChI=1S/C29H27NO9/c1-18(32)30-23-25(38-27(34)20-13-7-3-8-14-20)24(37-26(33)19-11-5-2-6-12-19)22(17-31)36-29(23)39-28(35)21-15-9-4-10-16-21/h2-16,22-25,29,31H,17H2,1H3,(H,30,32)/t22-,23+,24-,25-,29?/m1/s1. The first-order valence-electron chi connectivity index (χ1n) is 12.2. The van der Waals surface area contributed by atoms with Crippen molar-refractivity contribution in [2.24, 2.45) is 0 Å². The molecule has 0 aliphatic carbocycles. The Morgan fingerprint density at radius 1 is 0.692 bits per heavy atom. The summed E-state index contributed by atoms with van der Waals surface area (Å²) in [6.45, 7) is 0.535. The van der Waals surface area contributed by atoms with Gasteiger partial charge < -0.3 is 29.4 Å². The fraction of sp³-hybridized carbons (Fsp3) is 0.241. The van der Waals surface area contributed by atoms with Crippen molar-refractivity contribution in [1.82, 2.24) is 5.32 Å². The van der Waals surface area contributed by atoms with Crippen LogP contribution in [0.2, 0.25) is 0 Å². The third kappa shape index (κ3) is 6.86. The first kappa shape index (κ1) is 27.5. The Labute approximate surface area is 224 Å². The Morgan fingerprint density at radius 2 is 1.10 bits per heavy atom. The van der Waals surface area contributed by atoms with E-state index in [4.69, 9.17) is 18.9 Å². The monoisotopic (exact) mass is 533 g/mol. The van der Waals surface area contributed by atoms with Crippen molar-refractivity contribution in [3.63, 3.8) is 0 Å². The Hall–Kier alpha value is -4.54. The molecule has 1 heterocycles. The van der Waals surface area contributed by atoms with Crippen molar-refractivity contribution in [2.75, 3.05) is 6.61 Å². The molecule has 1 unspecified atom stereocenters. The maximum Gasteiger partial charge on any atom is 0.340 e. The van der Waals surface area contributed by atoms with Crippen LogP contribution >= 0.6 is 0 Å². The molecule has 0 radical (unpaired) electrons. The molecule has 1 saturated heterocycles. The van der Waals surface area contributed by atoms with Gasteiger partial charge >= 0.3 is 17.9 Å². The number of ether oxygens (including phenoxy) is 4. The van der Waals surface area contributed by atoms with Gasteiger partial charge in [0.1, 0.15) is 12.1 Å². The van der Waals surface area contributed by atoms with Gasteiger partial charge in [-0.2, -0.15) is 0 Å². The van der Waals surface area contributed by atoms with Gasteiger partial charge in [-0.05, 0) is 36.4 Å². The number of carbonyl (C=O) groups is 4. The van der Waals surface area contributed by atoms with Crippen LogP contribution in [0.3, 0.4) is 0 Å². The van der Waals surface area contributed by atoms with E-state index in [9.17, 15) is 24.3 Å². The lowest BCUT2D eigenvalue weighted by Gasteiger charge is -2.44. The average Bonchev–Trinajstić information content (AvgIpc) is 2.96. The maximum absolute atomic E-state index is 13.1. The van der Waals surface area contributed by atoms with E-state index in [2.05, 4.69) is 5.32 Å². The molecule has 10 nitrogen and oxygen atoms in total. The van der Waals surface area contributed by atoms with Crippen LogP contribution in [0.15, 0.2) is 91.0 Å². The third-order valence-electron chi connectivity index (χ3n) is 5.93. The number of aliphatic hydroxyl groups is 1. The molecule has 39 heavy (non-hydrogen) atoms. The zero-order valence-corrected chi connectivity index (χ0v) is 21.0. The fourth-order valence-electron chi connectivity index (χ4n) is 4.10. The molecule has 202 valence electrons. The van der Waals surface area contributed by atoms with E-state index in [0.29, 0.717) is 0 Å². The summed E-state index contributed by atoms with van der Waals surface area (Å²) >= 11 is 0. The summed E-state index contributed by atoms with van der Waals surface area (Å²) in [5, 5.41) is 12.8. The molecule has 1 fully saturated rings. The second kappa shape index (κ2) is 12.8. The quantitative estimate of drug-likeness (QED) is 0.330. The van der Waals surface area contributed by atoms with Crippen LogP contribution in [0.1, 0.15) is 38.0 Å². The first-order valence-corrected chi connectivity index (χ1v) is 12.2. The Balaban J connectivity index is 1.69. The SMILES string of the molecule is CC(=O)N[C@@H]1C(OC(=O)c2ccccc2)O[C@H](CO)[C@@H](OC(=O)c2ccccc2)[C@@H]1OC(=O)c1ccccc1. The summed E-state index contributed by atoms with van der Waals surface area (Å²) in [4.78, 5) is 51.2. The third-order valence-corrected chi connectivity index (χ3v) is 5.93. The van der Waals surface area contributed by atoms with Crippen molar-refractivity contribution >= 4 is 23.8 Å². The summed E-state index contributed by atoms with van der Waals surface area (Å²) in [7, 11) is 0. The molecule has 5 atom stereocenters. The first-order chi connectivity index (χ1) is 18.9. The van der Waals surface area contributed by atoms with Crippen molar-refractivity contribution in [3.05, 3.63) is 108 Å². The van der Waals surface area contributed by atoms with Crippen LogP contribution in [0.25, 0.3) is 0 Å². The van der Waals surface area contributed by atoms with Gasteiger partial charge in [0, 0.05) is 6.92 Å². The van der Waals surface area contributed by atoms with Crippen LogP contribution in [0.5, 0.6) is 0 Å². The average molecular weight is 534 g/mol. The lowest BCUT2D eigenvalue weighted by Crippen LogP contribution is -2.66. The van der Waals surface area contributed by atoms with Gasteiger partial charge in [-0.15, -0.1) is 0 Å². The minimum atomic E-state index is -1.50. The van der Waals surface area contributed by atoms with E-state index in [1.807, 2.05) is 0 Å². The number of esters is 3. The minimum Gasteiger partial charge on any atom is -0.452 e. The molecule has 0 aromatic heterocycles. The van der Waals surface area contributed by atoms with Crippen molar-refractivity contribution in [2.45, 2.75) is 37.6 Å². The van der Waals surface area contributed by atoms with Gasteiger partial charge in [0.05, 0.1) is 23.3 Å². The van der Waals surface area contributed by atoms with E-state index >= 15 is 0 Å². The smallest absolute Gasteiger partial charge is 0.340 e. The molecular weight excluding hydrogens is 506 g/mol. The van der Waals surface area contributed by atoms with Gasteiger partial charge in [0.15, 0.2) is 12.2 Å². The molecule has 3 aromatic carbocycles. The minimum absolute atomic E-state index is 0.192. The molecule has 0 spiro atoms. The molecule has 0 bridgehead atoms. The van der Waals surface area contributed by atoms with Crippen LogP contribution < -0.4 is 5.32 Å². The Kier molecular flexibility index (Phi) is 9.03. The van der Waals surface area contributed by atoms with Crippen LogP contribution in [-0.2, 0) is 23.7 Å². The molecule has 10 heteroatoms. The number of rotatable bonds is 8. The number of nitrogens with one attached hydrogen (secondary N) is 1. The van der Waals surface area contributed by atoms with Gasteiger partial charge in [0.25, 0.3) is 0 Å². The molecule has 4 rings (SSSR count). The summed E-state index contributed by atoms with van der Waals surface area (Å²) in [5.74, 6) is -2.89. The summed E-state index contributed by atoms with van der Waals surface area (Å²) in [6.07, 6.45) is -5.56. The number of hydrogen-bond acceptors (Lipinski definition) is 9. The van der Waals surface area contributed by atoms with Crippen LogP contribution in [0.4, 0.5) is 0 Å². The van der Waals surface area contributed by atoms with Gasteiger partial charge in [-0.3, -0.25) is 4.79 Å². The summed E-state index contributed by atoms with van der Waals surface area (Å²) < 4.78 is 22.9. The van der Waals surface area contributed by atoms with E-state index in [1.165, 1.54) is 43.3 Å². The predicted octanol–water partition coefficient (Wildman–Crippen LogP) is 2.52. The van der Waals surface area contributed by atoms with E-state index in [0.717, 1.165) is 0 Å². The highest BCUT2D eigenvalue weighted by molar-refractivity contribution is 5.91. The normalized spacial score (nSPS) is 22.3. The summed E-state index contributed by atoms with van der Waals surface area (Å²) in [6, 6.07) is 22.9. The van der Waals surface area contributed by atoms with Crippen LogP contribution in [-0.4, -0.2) is 66.2 Å². The predicted molar refractivity (Wildman–Crippen MR) is 136 cm³/mol. The Bertz CT molecular complexity index is 1280. The highest BCUT2D eigenvalue weighted by atomic mass is 16.7. The highest BCUT2D eigenvalue weighted by Crippen LogP contribution is 2.29. The van der Waals surface area contributed by atoms with E-state index in [-0.39, 0.29) is 16.7 Å². The fourth-order valence-corrected chi connectivity index (χ4v) is 4.10. The summed E-state index contributed by atoms with van der Waals surface area (Å²) in [5.41, 5.74) is 0.604. The van der Waals surface area contributed by atoms with E-state index in [1.54, 1.807) is 54.6 Å². The highest BCUT2D eigenvalue weighted by Gasteiger charge is 2.52. The number of amides is 1. The molecule has 0 saturated carbocycles. The zero-order chi connectivity index (χ0) is 27.8. The van der Waals surface area contributed by atoms with Gasteiger partial charge in [0.2, 0.25) is 12.2 Å². The zero-order valence-electron chi connectivity index (χ0n) is 21.0. The second-order valence-corrected chi connectivity index (χ2v) is 8.70. The maximum atomic E-state index is 13.1. The van der Waals surface area contributed by atoms with Crippen molar-refractivity contribution < 1.29 is 43.2 Å². The largest absolute Gasteiger partial charge is 0.452 e. The lowest BCUT2D eigenvalue weighted by molar-refractivity contribution is -0.252.